The fourth-order valence-corrected chi connectivity index (χ4v) is 4.94. The summed E-state index contributed by atoms with van der Waals surface area (Å²) in [5, 5.41) is 21.0. The molecular weight excluding hydrogens is 520 g/mol. The van der Waals surface area contributed by atoms with Gasteiger partial charge in [-0.25, -0.2) is 0 Å². The van der Waals surface area contributed by atoms with Gasteiger partial charge in [-0.2, -0.15) is 5.26 Å². The van der Waals surface area contributed by atoms with E-state index in [1.165, 1.54) is 12.0 Å². The Morgan fingerprint density at radius 1 is 0.927 bits per heavy atom. The lowest BCUT2D eigenvalue weighted by Gasteiger charge is -2.26. The molecule has 1 fully saturated rings. The van der Waals surface area contributed by atoms with Crippen molar-refractivity contribution < 1.29 is 28.9 Å². The van der Waals surface area contributed by atoms with E-state index in [0.29, 0.717) is 52.8 Å². The number of benzene rings is 3. The van der Waals surface area contributed by atoms with Crippen molar-refractivity contribution >= 4 is 23.1 Å². The van der Waals surface area contributed by atoms with Gasteiger partial charge in [0.1, 0.15) is 11.5 Å². The number of nitriles is 1. The largest absolute Gasteiger partial charge is 0.507 e. The average Bonchev–Trinajstić information content (AvgIpc) is 3.22. The molecule has 1 heterocycles. The van der Waals surface area contributed by atoms with Crippen molar-refractivity contribution in [3.63, 3.8) is 0 Å². The number of ether oxygens (including phenoxy) is 3. The zero-order valence-electron chi connectivity index (χ0n) is 24.1. The number of Topliss-reactive ketones (excluding diaryl/α,β-unsaturated/α-hetero) is 1. The summed E-state index contributed by atoms with van der Waals surface area (Å²) < 4.78 is 17.0. The summed E-state index contributed by atoms with van der Waals surface area (Å²) in [7, 11) is 1.53. The zero-order chi connectivity index (χ0) is 29.9. The third-order valence-corrected chi connectivity index (χ3v) is 6.88. The Morgan fingerprint density at radius 2 is 1.56 bits per heavy atom. The van der Waals surface area contributed by atoms with Crippen LogP contribution in [0.3, 0.4) is 0 Å². The van der Waals surface area contributed by atoms with Crippen LogP contribution in [0.15, 0.2) is 66.2 Å². The van der Waals surface area contributed by atoms with Gasteiger partial charge in [-0.15, -0.1) is 0 Å². The first-order chi connectivity index (χ1) is 19.5. The van der Waals surface area contributed by atoms with Crippen LogP contribution in [0.4, 0.5) is 5.69 Å². The van der Waals surface area contributed by atoms with E-state index in [1.807, 2.05) is 34.6 Å². The smallest absolute Gasteiger partial charge is 0.300 e. The molecule has 1 N–H and O–H groups in total. The van der Waals surface area contributed by atoms with Gasteiger partial charge in [0.15, 0.2) is 11.5 Å². The van der Waals surface area contributed by atoms with E-state index in [9.17, 15) is 20.0 Å². The number of carbonyl (C=O) groups is 2. The number of aliphatic hydroxyl groups excluding tert-OH is 1. The van der Waals surface area contributed by atoms with Gasteiger partial charge >= 0.3 is 0 Å². The maximum absolute atomic E-state index is 13.7. The van der Waals surface area contributed by atoms with Crippen LogP contribution >= 0.6 is 0 Å². The lowest BCUT2D eigenvalue weighted by Crippen LogP contribution is -2.29. The van der Waals surface area contributed by atoms with E-state index < -0.39 is 17.7 Å². The maximum atomic E-state index is 13.7. The molecule has 3 aromatic carbocycles. The van der Waals surface area contributed by atoms with Crippen LogP contribution in [0.25, 0.3) is 5.76 Å². The van der Waals surface area contributed by atoms with E-state index in [-0.39, 0.29) is 16.7 Å². The second-order valence-electron chi connectivity index (χ2n) is 10.6. The summed E-state index contributed by atoms with van der Waals surface area (Å²) in [5.41, 5.74) is 2.22. The highest BCUT2D eigenvalue weighted by Gasteiger charge is 2.47. The monoisotopic (exact) mass is 554 g/mol. The molecule has 4 rings (SSSR count). The Labute approximate surface area is 240 Å². The third kappa shape index (κ3) is 5.62. The summed E-state index contributed by atoms with van der Waals surface area (Å²) in [5.74, 6) is -0.301. The highest BCUT2D eigenvalue weighted by atomic mass is 16.5. The minimum absolute atomic E-state index is 0.0593. The number of ketones is 1. The van der Waals surface area contributed by atoms with Crippen molar-refractivity contribution in [2.75, 3.05) is 25.2 Å². The summed E-state index contributed by atoms with van der Waals surface area (Å²) in [4.78, 5) is 28.6. The quantitative estimate of drug-likeness (QED) is 0.198. The van der Waals surface area contributed by atoms with Gasteiger partial charge in [0, 0.05) is 16.8 Å². The Bertz CT molecular complexity index is 1540. The molecule has 1 saturated heterocycles. The van der Waals surface area contributed by atoms with Crippen LogP contribution in [0.5, 0.6) is 17.2 Å². The molecule has 8 heteroatoms. The summed E-state index contributed by atoms with van der Waals surface area (Å²) in [6.45, 7) is 10.7. The molecule has 0 spiro atoms. The van der Waals surface area contributed by atoms with Crippen LogP contribution in [0.2, 0.25) is 0 Å². The van der Waals surface area contributed by atoms with Crippen LogP contribution < -0.4 is 19.1 Å². The standard InChI is InChI=1S/C33H34N2O6/c1-7-40-25-15-12-22(17-24(25)33(3,4)5)30(36)28-29(21-11-16-26(39-6)27(18-21)41-8-2)35(32(38)31(28)37)23-13-9-20(19-34)10-14-23/h9-18,29,36H,7-8H2,1-6H3/b30-28+. The molecular formula is C33H34N2O6. The lowest BCUT2D eigenvalue weighted by molar-refractivity contribution is -0.132. The van der Waals surface area contributed by atoms with Gasteiger partial charge in [-0.1, -0.05) is 26.8 Å². The summed E-state index contributed by atoms with van der Waals surface area (Å²) in [6.07, 6.45) is 0. The molecule has 1 amide bonds. The Hall–Kier alpha value is -4.77. The van der Waals surface area contributed by atoms with Gasteiger partial charge in [-0.3, -0.25) is 14.5 Å². The van der Waals surface area contributed by atoms with Crippen LogP contribution in [0.1, 0.15) is 62.9 Å². The predicted octanol–water partition coefficient (Wildman–Crippen LogP) is 6.29. The zero-order valence-corrected chi connectivity index (χ0v) is 24.1. The van der Waals surface area contributed by atoms with Crippen molar-refractivity contribution in [3.8, 4) is 23.3 Å². The van der Waals surface area contributed by atoms with Crippen molar-refractivity contribution in [1.82, 2.24) is 0 Å². The minimum atomic E-state index is -0.974. The average molecular weight is 555 g/mol. The molecule has 0 bridgehead atoms. The van der Waals surface area contributed by atoms with Crippen molar-refractivity contribution in [1.29, 1.82) is 5.26 Å². The van der Waals surface area contributed by atoms with E-state index in [1.54, 1.807) is 60.7 Å². The number of hydrogen-bond donors (Lipinski definition) is 1. The molecule has 1 aliphatic rings. The fourth-order valence-electron chi connectivity index (χ4n) is 4.94. The molecule has 0 radical (unpaired) electrons. The molecule has 41 heavy (non-hydrogen) atoms. The van der Waals surface area contributed by atoms with Crippen LogP contribution in [-0.2, 0) is 15.0 Å². The van der Waals surface area contributed by atoms with Gasteiger partial charge in [0.2, 0.25) is 0 Å². The third-order valence-electron chi connectivity index (χ3n) is 6.88. The topological polar surface area (TPSA) is 109 Å². The Kier molecular flexibility index (Phi) is 8.39. The van der Waals surface area contributed by atoms with E-state index in [2.05, 4.69) is 6.07 Å². The molecule has 0 saturated carbocycles. The highest BCUT2D eigenvalue weighted by Crippen LogP contribution is 2.45. The van der Waals surface area contributed by atoms with E-state index in [4.69, 9.17) is 14.2 Å². The second kappa shape index (κ2) is 11.8. The Morgan fingerprint density at radius 3 is 2.15 bits per heavy atom. The molecule has 0 aromatic heterocycles. The van der Waals surface area contributed by atoms with E-state index in [0.717, 1.165) is 5.56 Å². The first kappa shape index (κ1) is 29.2. The van der Waals surface area contributed by atoms with Gasteiger partial charge in [0.05, 0.1) is 43.6 Å². The molecule has 3 aromatic rings. The molecule has 0 aliphatic carbocycles. The SMILES string of the molecule is CCOc1cc(C2/C(=C(\O)c3ccc(OCC)c(C(C)(C)C)c3)C(=O)C(=O)N2c2ccc(C#N)cc2)ccc1OC. The fraction of sp³-hybridized carbons (Fsp3) is 0.303. The molecule has 8 nitrogen and oxygen atoms in total. The van der Waals surface area contributed by atoms with Gasteiger partial charge < -0.3 is 19.3 Å². The van der Waals surface area contributed by atoms with Gasteiger partial charge in [-0.05, 0) is 79.4 Å². The second-order valence-corrected chi connectivity index (χ2v) is 10.6. The number of anilines is 1. The summed E-state index contributed by atoms with van der Waals surface area (Å²) in [6, 6.07) is 17.9. The molecule has 1 aliphatic heterocycles. The van der Waals surface area contributed by atoms with Crippen molar-refractivity contribution in [3.05, 3.63) is 88.5 Å². The first-order valence-electron chi connectivity index (χ1n) is 13.4. The maximum Gasteiger partial charge on any atom is 0.300 e. The molecule has 1 atom stereocenters. The van der Waals surface area contributed by atoms with Crippen molar-refractivity contribution in [2.24, 2.45) is 0 Å². The van der Waals surface area contributed by atoms with Gasteiger partial charge in [0.25, 0.3) is 11.7 Å². The van der Waals surface area contributed by atoms with Crippen LogP contribution in [0, 0.1) is 11.3 Å². The number of rotatable bonds is 8. The number of aliphatic hydroxyl groups is 1. The number of hydrogen-bond acceptors (Lipinski definition) is 7. The van der Waals surface area contributed by atoms with E-state index >= 15 is 0 Å². The number of carbonyl (C=O) groups excluding carboxylic acids is 2. The Balaban J connectivity index is 1.98. The number of nitrogens with zero attached hydrogens (tertiary/aromatic N) is 2. The molecule has 212 valence electrons. The normalized spacial score (nSPS) is 16.4. The first-order valence-corrected chi connectivity index (χ1v) is 13.4. The number of methoxy groups -OCH3 is 1. The summed E-state index contributed by atoms with van der Waals surface area (Å²) >= 11 is 0. The van der Waals surface area contributed by atoms with Crippen LogP contribution in [-0.4, -0.2) is 37.1 Å². The predicted molar refractivity (Wildman–Crippen MR) is 156 cm³/mol. The molecule has 1 unspecified atom stereocenters. The number of amides is 1. The lowest BCUT2D eigenvalue weighted by atomic mass is 9.84. The highest BCUT2D eigenvalue weighted by molar-refractivity contribution is 6.51. The minimum Gasteiger partial charge on any atom is -0.507 e. The van der Waals surface area contributed by atoms with Crippen molar-refractivity contribution in [2.45, 2.75) is 46.1 Å².